The molecule has 20 heavy (non-hydrogen) atoms. The average Bonchev–Trinajstić information content (AvgIpc) is 2.42. The normalized spacial score (nSPS) is 28.4. The Bertz CT molecular complexity index is 468. The molecule has 3 unspecified atom stereocenters. The summed E-state index contributed by atoms with van der Waals surface area (Å²) in [5.74, 6) is 0.407. The lowest BCUT2D eigenvalue weighted by Gasteiger charge is -2.43. The van der Waals surface area contributed by atoms with Crippen LogP contribution >= 0.6 is 15.9 Å². The summed E-state index contributed by atoms with van der Waals surface area (Å²) in [4.78, 5) is 0. The van der Waals surface area contributed by atoms with Crippen molar-refractivity contribution in [2.75, 3.05) is 7.11 Å². The molecule has 1 aliphatic carbocycles. The quantitative estimate of drug-likeness (QED) is 0.894. The molecule has 2 rings (SSSR count). The molecule has 0 bridgehead atoms. The highest BCUT2D eigenvalue weighted by Gasteiger charge is 2.40. The summed E-state index contributed by atoms with van der Waals surface area (Å²) in [7, 11) is 1.75. The predicted molar refractivity (Wildman–Crippen MR) is 83.2 cm³/mol. The van der Waals surface area contributed by atoms with Crippen molar-refractivity contribution in [2.24, 2.45) is 11.7 Å². The molecule has 1 aromatic rings. The molecule has 0 spiro atoms. The number of hydrogen-bond acceptors (Lipinski definition) is 2. The van der Waals surface area contributed by atoms with Crippen molar-refractivity contribution >= 4 is 15.9 Å². The minimum absolute atomic E-state index is 0.117. The summed E-state index contributed by atoms with van der Waals surface area (Å²) in [6.07, 6.45) is 4.98. The molecule has 2 nitrogen and oxygen atoms in total. The molecule has 0 saturated heterocycles. The molecule has 0 aromatic heterocycles. The van der Waals surface area contributed by atoms with E-state index < -0.39 is 0 Å². The maximum Gasteiger partial charge on any atom is 0.123 e. The Labute approximate surface area is 129 Å². The van der Waals surface area contributed by atoms with Gasteiger partial charge in [0.1, 0.15) is 5.82 Å². The Morgan fingerprint density at radius 3 is 2.95 bits per heavy atom. The number of benzene rings is 1. The molecular formula is C16H23BrFNO. The summed E-state index contributed by atoms with van der Waals surface area (Å²) in [5.41, 5.74) is 7.07. The monoisotopic (exact) mass is 343 g/mol. The summed E-state index contributed by atoms with van der Waals surface area (Å²) in [6, 6.07) is 4.63. The van der Waals surface area contributed by atoms with Crippen LogP contribution in [0, 0.1) is 11.7 Å². The standard InChI is InChI=1S/C16H23BrFNO/c1-11-4-3-7-16(10-11,20-2)15(19)9-12-8-13(18)5-6-14(12)17/h5-6,8,11,15H,3-4,7,9-10,19H2,1-2H3. The second kappa shape index (κ2) is 6.54. The van der Waals surface area contributed by atoms with E-state index >= 15 is 0 Å². The van der Waals surface area contributed by atoms with E-state index in [1.54, 1.807) is 19.2 Å². The van der Waals surface area contributed by atoms with Gasteiger partial charge in [-0.15, -0.1) is 0 Å². The van der Waals surface area contributed by atoms with Gasteiger partial charge in [-0.3, -0.25) is 0 Å². The van der Waals surface area contributed by atoms with Gasteiger partial charge in [0.25, 0.3) is 0 Å². The third-order valence-electron chi connectivity index (χ3n) is 4.52. The zero-order valence-electron chi connectivity index (χ0n) is 12.2. The van der Waals surface area contributed by atoms with E-state index in [-0.39, 0.29) is 17.5 Å². The Morgan fingerprint density at radius 1 is 1.55 bits per heavy atom. The van der Waals surface area contributed by atoms with Gasteiger partial charge in [0, 0.05) is 17.6 Å². The highest BCUT2D eigenvalue weighted by atomic mass is 79.9. The molecule has 1 fully saturated rings. The molecular weight excluding hydrogens is 321 g/mol. The van der Waals surface area contributed by atoms with Crippen LogP contribution in [0.3, 0.4) is 0 Å². The molecule has 1 saturated carbocycles. The molecule has 0 heterocycles. The maximum atomic E-state index is 13.4. The molecule has 4 heteroatoms. The molecule has 3 atom stereocenters. The number of rotatable bonds is 4. The lowest BCUT2D eigenvalue weighted by atomic mass is 9.73. The highest BCUT2D eigenvalue weighted by Crippen LogP contribution is 2.38. The number of halogens is 2. The first-order valence-corrected chi connectivity index (χ1v) is 8.01. The van der Waals surface area contributed by atoms with Crippen LogP contribution in [0.1, 0.15) is 38.2 Å². The van der Waals surface area contributed by atoms with E-state index in [2.05, 4.69) is 22.9 Å². The second-order valence-electron chi connectivity index (χ2n) is 6.02. The van der Waals surface area contributed by atoms with Crippen LogP contribution in [-0.2, 0) is 11.2 Å². The van der Waals surface area contributed by atoms with Gasteiger partial charge in [-0.2, -0.15) is 0 Å². The van der Waals surface area contributed by atoms with Crippen molar-refractivity contribution in [3.8, 4) is 0 Å². The zero-order chi connectivity index (χ0) is 14.8. The zero-order valence-corrected chi connectivity index (χ0v) is 13.7. The van der Waals surface area contributed by atoms with E-state index in [9.17, 15) is 4.39 Å². The Morgan fingerprint density at radius 2 is 2.30 bits per heavy atom. The number of nitrogens with two attached hydrogens (primary N) is 1. The van der Waals surface area contributed by atoms with Crippen molar-refractivity contribution in [3.63, 3.8) is 0 Å². The smallest absolute Gasteiger partial charge is 0.123 e. The van der Waals surface area contributed by atoms with Gasteiger partial charge in [0.05, 0.1) is 5.60 Å². The molecule has 0 aliphatic heterocycles. The minimum atomic E-state index is -0.274. The van der Waals surface area contributed by atoms with Crippen LogP contribution in [0.15, 0.2) is 22.7 Å². The van der Waals surface area contributed by atoms with Gasteiger partial charge in [-0.25, -0.2) is 4.39 Å². The number of ether oxygens (including phenoxy) is 1. The first-order valence-electron chi connectivity index (χ1n) is 7.21. The van der Waals surface area contributed by atoms with Crippen molar-refractivity contribution in [1.29, 1.82) is 0 Å². The first kappa shape index (κ1) is 15.9. The molecule has 0 radical (unpaired) electrons. The lowest BCUT2D eigenvalue weighted by Crippen LogP contribution is -2.53. The molecule has 1 aromatic carbocycles. The van der Waals surface area contributed by atoms with Crippen LogP contribution in [0.4, 0.5) is 4.39 Å². The van der Waals surface area contributed by atoms with E-state index in [1.807, 2.05) is 0 Å². The number of hydrogen-bond donors (Lipinski definition) is 1. The van der Waals surface area contributed by atoms with Gasteiger partial charge in [-0.05, 0) is 48.9 Å². The van der Waals surface area contributed by atoms with Crippen LogP contribution in [-0.4, -0.2) is 18.8 Å². The summed E-state index contributed by atoms with van der Waals surface area (Å²) in [5, 5.41) is 0. The SMILES string of the molecule is COC1(C(N)Cc2cc(F)ccc2Br)CCCC(C)C1. The van der Waals surface area contributed by atoms with Gasteiger partial charge >= 0.3 is 0 Å². The van der Waals surface area contributed by atoms with Crippen LogP contribution < -0.4 is 5.73 Å². The van der Waals surface area contributed by atoms with Gasteiger partial charge < -0.3 is 10.5 Å². The van der Waals surface area contributed by atoms with Crippen molar-refractivity contribution in [3.05, 3.63) is 34.1 Å². The summed E-state index contributed by atoms with van der Waals surface area (Å²) < 4.78 is 20.1. The topological polar surface area (TPSA) is 35.2 Å². The van der Waals surface area contributed by atoms with Crippen molar-refractivity contribution in [2.45, 2.75) is 50.7 Å². The van der Waals surface area contributed by atoms with E-state index in [4.69, 9.17) is 10.5 Å². The fourth-order valence-electron chi connectivity index (χ4n) is 3.34. The van der Waals surface area contributed by atoms with Crippen LogP contribution in [0.2, 0.25) is 0 Å². The Balaban J connectivity index is 2.16. The largest absolute Gasteiger partial charge is 0.377 e. The average molecular weight is 344 g/mol. The van der Waals surface area contributed by atoms with Gasteiger partial charge in [0.15, 0.2) is 0 Å². The molecule has 0 amide bonds. The predicted octanol–water partition coefficient (Wildman–Crippen LogP) is 4.05. The van der Waals surface area contributed by atoms with E-state index in [0.29, 0.717) is 12.3 Å². The molecule has 112 valence electrons. The minimum Gasteiger partial charge on any atom is -0.377 e. The third kappa shape index (κ3) is 3.41. The first-order chi connectivity index (χ1) is 9.47. The van der Waals surface area contributed by atoms with Crippen LogP contribution in [0.5, 0.6) is 0 Å². The third-order valence-corrected chi connectivity index (χ3v) is 5.29. The van der Waals surface area contributed by atoms with Crippen molar-refractivity contribution in [1.82, 2.24) is 0 Å². The summed E-state index contributed by atoms with van der Waals surface area (Å²) >= 11 is 3.47. The molecule has 2 N–H and O–H groups in total. The summed E-state index contributed by atoms with van der Waals surface area (Å²) in [6.45, 7) is 2.25. The second-order valence-corrected chi connectivity index (χ2v) is 6.87. The van der Waals surface area contributed by atoms with Gasteiger partial charge in [-0.1, -0.05) is 35.7 Å². The van der Waals surface area contributed by atoms with E-state index in [0.717, 1.165) is 29.3 Å². The van der Waals surface area contributed by atoms with Crippen LogP contribution in [0.25, 0.3) is 0 Å². The Kier molecular flexibility index (Phi) is 5.21. The van der Waals surface area contributed by atoms with Crippen molar-refractivity contribution < 1.29 is 9.13 Å². The van der Waals surface area contributed by atoms with Gasteiger partial charge in [0.2, 0.25) is 0 Å². The Hall–Kier alpha value is -0.450. The fraction of sp³-hybridized carbons (Fsp3) is 0.625. The molecule has 1 aliphatic rings. The number of methoxy groups -OCH3 is 1. The highest BCUT2D eigenvalue weighted by molar-refractivity contribution is 9.10. The maximum absolute atomic E-state index is 13.4. The van der Waals surface area contributed by atoms with E-state index in [1.165, 1.54) is 12.5 Å². The fourth-order valence-corrected chi connectivity index (χ4v) is 3.75. The lowest BCUT2D eigenvalue weighted by molar-refractivity contribution is -0.0705.